The molecule has 5 nitrogen and oxygen atoms in total. The maximum atomic E-state index is 12.6. The lowest BCUT2D eigenvalue weighted by Crippen LogP contribution is -2.28. The minimum Gasteiger partial charge on any atom is -0.342 e. The van der Waals surface area contributed by atoms with Crippen LogP contribution in [0.25, 0.3) is 11.0 Å². The van der Waals surface area contributed by atoms with Crippen LogP contribution < -0.4 is 0 Å². The summed E-state index contributed by atoms with van der Waals surface area (Å²) < 4.78 is 2.12. The summed E-state index contributed by atoms with van der Waals surface area (Å²) in [5, 5.41) is 0. The first-order valence-electron chi connectivity index (χ1n) is 9.30. The molecule has 0 spiro atoms. The van der Waals surface area contributed by atoms with Crippen molar-refractivity contribution in [3.63, 3.8) is 0 Å². The van der Waals surface area contributed by atoms with Crippen LogP contribution in [0.15, 0.2) is 48.8 Å². The SMILES string of the molecule is Cn1c(C2CCN(C(=O)CCCc3ccccc3)C2)nc2ccncc21. The summed E-state index contributed by atoms with van der Waals surface area (Å²) in [6.07, 6.45) is 7.09. The Morgan fingerprint density at radius 2 is 2.08 bits per heavy atom. The molecule has 1 aliphatic rings. The van der Waals surface area contributed by atoms with Gasteiger partial charge in [0, 0.05) is 38.7 Å². The number of imidazole rings is 1. The fraction of sp³-hybridized carbons (Fsp3) is 0.381. The average molecular weight is 348 g/mol. The Hall–Kier alpha value is -2.69. The standard InChI is InChI=1S/C21H24N4O/c1-24-19-14-22-12-10-18(19)23-21(24)17-11-13-25(15-17)20(26)9-5-8-16-6-3-2-4-7-16/h2-4,6-7,10,12,14,17H,5,8-9,11,13,15H2,1H3. The van der Waals surface area contributed by atoms with Crippen molar-refractivity contribution in [3.8, 4) is 0 Å². The number of likely N-dealkylation sites (tertiary alicyclic amines) is 1. The molecule has 0 radical (unpaired) electrons. The number of hydrogen-bond donors (Lipinski definition) is 0. The van der Waals surface area contributed by atoms with Gasteiger partial charge in [-0.25, -0.2) is 4.98 Å². The molecular formula is C21H24N4O. The summed E-state index contributed by atoms with van der Waals surface area (Å²) >= 11 is 0. The summed E-state index contributed by atoms with van der Waals surface area (Å²) in [6.45, 7) is 1.60. The number of fused-ring (bicyclic) bond motifs is 1. The molecule has 2 aromatic heterocycles. The van der Waals surface area contributed by atoms with Crippen LogP contribution in [0.1, 0.15) is 36.6 Å². The molecule has 134 valence electrons. The van der Waals surface area contributed by atoms with Crippen molar-refractivity contribution < 1.29 is 4.79 Å². The van der Waals surface area contributed by atoms with Crippen molar-refractivity contribution >= 4 is 16.9 Å². The van der Waals surface area contributed by atoms with Crippen LogP contribution in [0, 0.1) is 0 Å². The van der Waals surface area contributed by atoms with Crippen LogP contribution in [0.3, 0.4) is 0 Å². The highest BCUT2D eigenvalue weighted by atomic mass is 16.2. The molecule has 0 saturated carbocycles. The van der Waals surface area contributed by atoms with Gasteiger partial charge in [0.1, 0.15) is 5.82 Å². The molecule has 5 heteroatoms. The maximum Gasteiger partial charge on any atom is 0.222 e. The number of nitrogens with zero attached hydrogens (tertiary/aromatic N) is 4. The predicted molar refractivity (Wildman–Crippen MR) is 102 cm³/mol. The quantitative estimate of drug-likeness (QED) is 0.711. The second-order valence-corrected chi connectivity index (χ2v) is 7.06. The fourth-order valence-corrected chi connectivity index (χ4v) is 3.86. The molecule has 1 saturated heterocycles. The molecule has 1 amide bonds. The molecule has 1 atom stereocenters. The van der Waals surface area contributed by atoms with Crippen LogP contribution in [-0.2, 0) is 18.3 Å². The average Bonchev–Trinajstić information content (AvgIpc) is 3.28. The highest BCUT2D eigenvalue weighted by molar-refractivity contribution is 5.77. The van der Waals surface area contributed by atoms with Gasteiger partial charge in [-0.3, -0.25) is 9.78 Å². The van der Waals surface area contributed by atoms with E-state index in [1.807, 2.05) is 30.3 Å². The lowest BCUT2D eigenvalue weighted by atomic mass is 10.1. The minimum absolute atomic E-state index is 0.267. The first-order chi connectivity index (χ1) is 12.7. The van der Waals surface area contributed by atoms with Crippen molar-refractivity contribution in [1.82, 2.24) is 19.4 Å². The van der Waals surface area contributed by atoms with Crippen molar-refractivity contribution in [2.24, 2.45) is 7.05 Å². The molecule has 0 N–H and O–H groups in total. The number of carbonyl (C=O) groups excluding carboxylic acids is 1. The van der Waals surface area contributed by atoms with E-state index in [1.54, 1.807) is 6.20 Å². The number of aromatic nitrogens is 3. The van der Waals surface area contributed by atoms with Gasteiger partial charge in [-0.05, 0) is 30.9 Å². The highest BCUT2D eigenvalue weighted by Crippen LogP contribution is 2.29. The van der Waals surface area contributed by atoms with Crippen molar-refractivity contribution in [2.45, 2.75) is 31.6 Å². The third-order valence-electron chi connectivity index (χ3n) is 5.32. The van der Waals surface area contributed by atoms with E-state index < -0.39 is 0 Å². The Morgan fingerprint density at radius 1 is 1.23 bits per heavy atom. The second kappa shape index (κ2) is 7.28. The lowest BCUT2D eigenvalue weighted by Gasteiger charge is -2.16. The Balaban J connectivity index is 1.35. The fourth-order valence-electron chi connectivity index (χ4n) is 3.86. The van der Waals surface area contributed by atoms with E-state index in [9.17, 15) is 4.79 Å². The normalized spacial score (nSPS) is 17.1. The van der Waals surface area contributed by atoms with Crippen molar-refractivity contribution in [3.05, 3.63) is 60.2 Å². The molecular weight excluding hydrogens is 324 g/mol. The van der Waals surface area contributed by atoms with E-state index in [0.717, 1.165) is 49.2 Å². The maximum absolute atomic E-state index is 12.6. The topological polar surface area (TPSA) is 51.0 Å². The zero-order chi connectivity index (χ0) is 17.9. The molecule has 3 aromatic rings. The second-order valence-electron chi connectivity index (χ2n) is 7.06. The summed E-state index contributed by atoms with van der Waals surface area (Å²) in [6, 6.07) is 12.3. The Kier molecular flexibility index (Phi) is 4.69. The largest absolute Gasteiger partial charge is 0.342 e. The van der Waals surface area contributed by atoms with Gasteiger partial charge in [0.2, 0.25) is 5.91 Å². The molecule has 3 heterocycles. The van der Waals surface area contributed by atoms with Crippen LogP contribution >= 0.6 is 0 Å². The molecule has 1 unspecified atom stereocenters. The first-order valence-corrected chi connectivity index (χ1v) is 9.30. The minimum atomic E-state index is 0.267. The van der Waals surface area contributed by atoms with Gasteiger partial charge in [0.25, 0.3) is 0 Å². The molecule has 1 aliphatic heterocycles. The number of rotatable bonds is 5. The van der Waals surface area contributed by atoms with E-state index in [-0.39, 0.29) is 5.91 Å². The van der Waals surface area contributed by atoms with Gasteiger partial charge in [-0.15, -0.1) is 0 Å². The predicted octanol–water partition coefficient (Wildman–Crippen LogP) is 3.31. The number of aryl methyl sites for hydroxylation is 2. The lowest BCUT2D eigenvalue weighted by molar-refractivity contribution is -0.130. The summed E-state index contributed by atoms with van der Waals surface area (Å²) in [7, 11) is 2.04. The molecule has 26 heavy (non-hydrogen) atoms. The number of pyridine rings is 1. The van der Waals surface area contributed by atoms with Crippen LogP contribution in [0.5, 0.6) is 0 Å². The smallest absolute Gasteiger partial charge is 0.222 e. The van der Waals surface area contributed by atoms with Crippen LogP contribution in [0.2, 0.25) is 0 Å². The highest BCUT2D eigenvalue weighted by Gasteiger charge is 2.30. The Labute approximate surface area is 153 Å². The number of hydrogen-bond acceptors (Lipinski definition) is 3. The molecule has 1 aromatic carbocycles. The zero-order valence-electron chi connectivity index (χ0n) is 15.1. The van der Waals surface area contributed by atoms with E-state index in [0.29, 0.717) is 12.3 Å². The summed E-state index contributed by atoms with van der Waals surface area (Å²) in [5.41, 5.74) is 3.33. The Bertz CT molecular complexity index is 903. The van der Waals surface area contributed by atoms with Crippen LogP contribution in [0.4, 0.5) is 0 Å². The van der Waals surface area contributed by atoms with E-state index in [1.165, 1.54) is 5.56 Å². The molecule has 4 rings (SSSR count). The van der Waals surface area contributed by atoms with Crippen molar-refractivity contribution in [1.29, 1.82) is 0 Å². The summed E-state index contributed by atoms with van der Waals surface area (Å²) in [4.78, 5) is 23.5. The van der Waals surface area contributed by atoms with Gasteiger partial charge < -0.3 is 9.47 Å². The molecule has 1 fully saturated rings. The third kappa shape index (κ3) is 3.34. The van der Waals surface area contributed by atoms with E-state index in [2.05, 4.69) is 33.8 Å². The number of benzene rings is 1. The van der Waals surface area contributed by atoms with Gasteiger partial charge >= 0.3 is 0 Å². The van der Waals surface area contributed by atoms with Crippen molar-refractivity contribution in [2.75, 3.05) is 13.1 Å². The van der Waals surface area contributed by atoms with Gasteiger partial charge in [0.05, 0.1) is 17.2 Å². The third-order valence-corrected chi connectivity index (χ3v) is 5.32. The number of carbonyl (C=O) groups is 1. The summed E-state index contributed by atoms with van der Waals surface area (Å²) in [5.74, 6) is 1.64. The van der Waals surface area contributed by atoms with E-state index in [4.69, 9.17) is 4.98 Å². The Morgan fingerprint density at radius 3 is 2.88 bits per heavy atom. The van der Waals surface area contributed by atoms with Crippen LogP contribution in [-0.4, -0.2) is 38.4 Å². The van der Waals surface area contributed by atoms with Gasteiger partial charge in [0.15, 0.2) is 0 Å². The molecule has 0 aliphatic carbocycles. The molecule has 0 bridgehead atoms. The first kappa shape index (κ1) is 16.8. The van der Waals surface area contributed by atoms with Gasteiger partial charge in [-0.2, -0.15) is 0 Å². The van der Waals surface area contributed by atoms with Gasteiger partial charge in [-0.1, -0.05) is 30.3 Å². The number of amides is 1. The monoisotopic (exact) mass is 348 g/mol. The zero-order valence-corrected chi connectivity index (χ0v) is 15.1. The van der Waals surface area contributed by atoms with E-state index >= 15 is 0 Å².